The van der Waals surface area contributed by atoms with Gasteiger partial charge >= 0.3 is 6.18 Å². The van der Waals surface area contributed by atoms with E-state index in [4.69, 9.17) is 11.6 Å². The summed E-state index contributed by atoms with van der Waals surface area (Å²) in [4.78, 5) is 12.9. The first-order valence-corrected chi connectivity index (χ1v) is 11.3. The van der Waals surface area contributed by atoms with Crippen molar-refractivity contribution in [2.45, 2.75) is 18.0 Å². The van der Waals surface area contributed by atoms with Crippen LogP contribution in [0.1, 0.15) is 22.8 Å². The second kappa shape index (κ2) is 7.83. The fraction of sp³-hybridized carbons (Fsp3) is 0.136. The normalized spacial score (nSPS) is 14.5. The van der Waals surface area contributed by atoms with Crippen LogP contribution >= 0.6 is 11.6 Å². The molecule has 166 valence electrons. The van der Waals surface area contributed by atoms with Crippen LogP contribution < -0.4 is 9.62 Å². The van der Waals surface area contributed by atoms with Crippen molar-refractivity contribution in [3.8, 4) is 11.1 Å². The molecule has 5 nitrogen and oxygen atoms in total. The predicted molar refractivity (Wildman–Crippen MR) is 116 cm³/mol. The minimum atomic E-state index is -4.66. The average Bonchev–Trinajstić information content (AvgIpc) is 2.74. The standard InChI is InChI=1S/C22H16ClF3N2O3S/c1-2-28-19-10-7-13(11-16(19)15-5-3-4-6-20(15)32(28,30)31)21(29)27-14-8-9-18(23)17(12-14)22(24,25)26/h3-12H,2H2,1H3,(H,27,29). The summed E-state index contributed by atoms with van der Waals surface area (Å²) in [7, 11) is -3.74. The second-order valence-corrected chi connectivity index (χ2v) is 9.28. The lowest BCUT2D eigenvalue weighted by molar-refractivity contribution is -0.137. The SMILES string of the molecule is CCN1c2ccc(C(=O)Nc3ccc(Cl)c(C(F)(F)F)c3)cc2-c2ccccc2S1(=O)=O. The van der Waals surface area contributed by atoms with Crippen LogP contribution in [0.25, 0.3) is 11.1 Å². The molecule has 3 aromatic rings. The number of carbonyl (C=O) groups excluding carboxylic acids is 1. The molecule has 0 radical (unpaired) electrons. The van der Waals surface area contributed by atoms with E-state index in [0.717, 1.165) is 12.1 Å². The molecule has 0 spiro atoms. The molecule has 3 aromatic carbocycles. The van der Waals surface area contributed by atoms with Crippen molar-refractivity contribution in [3.05, 3.63) is 76.8 Å². The zero-order valence-corrected chi connectivity index (χ0v) is 18.1. The molecule has 0 aromatic heterocycles. The van der Waals surface area contributed by atoms with Gasteiger partial charge in [0.25, 0.3) is 15.9 Å². The minimum absolute atomic E-state index is 0.0670. The Morgan fingerprint density at radius 1 is 1.03 bits per heavy atom. The van der Waals surface area contributed by atoms with Crippen LogP contribution in [-0.4, -0.2) is 20.9 Å². The molecule has 10 heteroatoms. The molecule has 1 heterocycles. The molecule has 4 rings (SSSR count). The molecular weight excluding hydrogens is 465 g/mol. The maximum Gasteiger partial charge on any atom is 0.417 e. The van der Waals surface area contributed by atoms with Gasteiger partial charge in [-0.2, -0.15) is 13.2 Å². The van der Waals surface area contributed by atoms with Crippen molar-refractivity contribution >= 4 is 38.9 Å². The Kier molecular flexibility index (Phi) is 5.42. The van der Waals surface area contributed by atoms with Crippen LogP contribution in [0.2, 0.25) is 5.02 Å². The monoisotopic (exact) mass is 480 g/mol. The van der Waals surface area contributed by atoms with E-state index < -0.39 is 32.7 Å². The number of hydrogen-bond donors (Lipinski definition) is 1. The van der Waals surface area contributed by atoms with E-state index in [2.05, 4.69) is 5.32 Å². The summed E-state index contributed by atoms with van der Waals surface area (Å²) < 4.78 is 66.4. The van der Waals surface area contributed by atoms with Gasteiger partial charge in [0.05, 0.1) is 21.2 Å². The largest absolute Gasteiger partial charge is 0.417 e. The lowest BCUT2D eigenvalue weighted by atomic mass is 10.00. The number of carbonyl (C=O) groups is 1. The number of sulfonamides is 1. The zero-order valence-electron chi connectivity index (χ0n) is 16.6. The average molecular weight is 481 g/mol. The summed E-state index contributed by atoms with van der Waals surface area (Å²) in [5.74, 6) is -0.641. The van der Waals surface area contributed by atoms with Gasteiger partial charge in [-0.1, -0.05) is 29.8 Å². The summed E-state index contributed by atoms with van der Waals surface area (Å²) in [6, 6.07) is 14.0. The van der Waals surface area contributed by atoms with Crippen molar-refractivity contribution in [3.63, 3.8) is 0 Å². The highest BCUT2D eigenvalue weighted by molar-refractivity contribution is 7.93. The zero-order chi connectivity index (χ0) is 23.3. The number of hydrogen-bond acceptors (Lipinski definition) is 3. The van der Waals surface area contributed by atoms with Crippen molar-refractivity contribution in [2.24, 2.45) is 0 Å². The van der Waals surface area contributed by atoms with Gasteiger partial charge in [-0.15, -0.1) is 0 Å². The molecule has 0 fully saturated rings. The Bertz CT molecular complexity index is 1340. The first-order valence-electron chi connectivity index (χ1n) is 9.48. The summed E-state index contributed by atoms with van der Waals surface area (Å²) in [5.41, 5.74) is 0.457. The van der Waals surface area contributed by atoms with E-state index >= 15 is 0 Å². The van der Waals surface area contributed by atoms with Crippen LogP contribution in [0, 0.1) is 0 Å². The van der Waals surface area contributed by atoms with E-state index in [1.54, 1.807) is 25.1 Å². The third kappa shape index (κ3) is 3.71. The van der Waals surface area contributed by atoms with E-state index in [1.165, 1.54) is 34.6 Å². The van der Waals surface area contributed by atoms with E-state index in [0.29, 0.717) is 16.8 Å². The van der Waals surface area contributed by atoms with Crippen LogP contribution in [0.5, 0.6) is 0 Å². The van der Waals surface area contributed by atoms with E-state index in [-0.39, 0.29) is 22.7 Å². The maximum atomic E-state index is 13.1. The summed E-state index contributed by atoms with van der Waals surface area (Å²) in [6.45, 7) is 1.90. The van der Waals surface area contributed by atoms with Gasteiger partial charge in [-0.25, -0.2) is 8.42 Å². The Labute approximate surface area is 187 Å². The van der Waals surface area contributed by atoms with Crippen LogP contribution in [0.3, 0.4) is 0 Å². The van der Waals surface area contributed by atoms with Gasteiger partial charge in [0.1, 0.15) is 0 Å². The predicted octanol–water partition coefficient (Wildman–Crippen LogP) is 5.81. The number of anilines is 2. The van der Waals surface area contributed by atoms with Gasteiger partial charge in [-0.3, -0.25) is 9.10 Å². The molecule has 1 aliphatic rings. The molecule has 1 N–H and O–H groups in total. The van der Waals surface area contributed by atoms with Gasteiger partial charge in [-0.05, 0) is 49.4 Å². The molecule has 0 saturated carbocycles. The van der Waals surface area contributed by atoms with Crippen LogP contribution in [-0.2, 0) is 16.2 Å². The number of nitrogens with one attached hydrogen (secondary N) is 1. The number of benzene rings is 3. The number of rotatable bonds is 3. The number of fused-ring (bicyclic) bond motifs is 3. The Morgan fingerprint density at radius 3 is 2.44 bits per heavy atom. The molecule has 1 amide bonds. The first-order chi connectivity index (χ1) is 15.0. The molecule has 0 atom stereocenters. The maximum absolute atomic E-state index is 13.1. The molecule has 0 bridgehead atoms. The van der Waals surface area contributed by atoms with Crippen molar-refractivity contribution < 1.29 is 26.4 Å². The number of nitrogens with zero attached hydrogens (tertiary/aromatic N) is 1. The molecule has 0 aliphatic carbocycles. The lowest BCUT2D eigenvalue weighted by Crippen LogP contribution is -2.34. The highest BCUT2D eigenvalue weighted by Crippen LogP contribution is 2.43. The van der Waals surface area contributed by atoms with Crippen molar-refractivity contribution in [1.82, 2.24) is 0 Å². The number of alkyl halides is 3. The van der Waals surface area contributed by atoms with Gasteiger partial charge in [0.2, 0.25) is 0 Å². The molecule has 32 heavy (non-hydrogen) atoms. The Hall–Kier alpha value is -3.04. The summed E-state index contributed by atoms with van der Waals surface area (Å²) >= 11 is 5.63. The molecule has 0 unspecified atom stereocenters. The fourth-order valence-corrected chi connectivity index (χ4v) is 5.56. The Balaban J connectivity index is 1.74. The quantitative estimate of drug-likeness (QED) is 0.514. The number of halogens is 4. The first kappa shape index (κ1) is 22.2. The molecular formula is C22H16ClF3N2O3S. The Morgan fingerprint density at radius 2 is 1.75 bits per heavy atom. The van der Waals surface area contributed by atoms with E-state index in [1.807, 2.05) is 0 Å². The van der Waals surface area contributed by atoms with Crippen molar-refractivity contribution in [2.75, 3.05) is 16.2 Å². The minimum Gasteiger partial charge on any atom is -0.322 e. The molecule has 0 saturated heterocycles. The number of amides is 1. The molecule has 1 aliphatic heterocycles. The van der Waals surface area contributed by atoms with Crippen LogP contribution in [0.4, 0.5) is 24.5 Å². The summed E-state index contributed by atoms with van der Waals surface area (Å²) in [6.07, 6.45) is -4.66. The van der Waals surface area contributed by atoms with E-state index in [9.17, 15) is 26.4 Å². The smallest absolute Gasteiger partial charge is 0.322 e. The highest BCUT2D eigenvalue weighted by Gasteiger charge is 2.35. The van der Waals surface area contributed by atoms with Crippen molar-refractivity contribution in [1.29, 1.82) is 0 Å². The van der Waals surface area contributed by atoms with Gasteiger partial charge < -0.3 is 5.32 Å². The summed E-state index contributed by atoms with van der Waals surface area (Å²) in [5, 5.41) is 1.97. The highest BCUT2D eigenvalue weighted by atomic mass is 35.5. The van der Waals surface area contributed by atoms with Gasteiger partial charge in [0.15, 0.2) is 0 Å². The lowest BCUT2D eigenvalue weighted by Gasteiger charge is -2.31. The third-order valence-electron chi connectivity index (χ3n) is 5.09. The van der Waals surface area contributed by atoms with Crippen LogP contribution in [0.15, 0.2) is 65.6 Å². The topological polar surface area (TPSA) is 66.5 Å². The second-order valence-electron chi connectivity index (χ2n) is 7.04. The third-order valence-corrected chi connectivity index (χ3v) is 7.37. The fourth-order valence-electron chi connectivity index (χ4n) is 3.64. The van der Waals surface area contributed by atoms with Gasteiger partial charge in [0, 0.05) is 28.9 Å².